The minimum absolute atomic E-state index is 0.458. The van der Waals surface area contributed by atoms with Crippen LogP contribution >= 0.6 is 11.8 Å². The first-order chi connectivity index (χ1) is 10.2. The van der Waals surface area contributed by atoms with E-state index in [1.807, 2.05) is 6.92 Å². The molecule has 1 atom stereocenters. The summed E-state index contributed by atoms with van der Waals surface area (Å²) in [4.78, 5) is 4.48. The van der Waals surface area contributed by atoms with Gasteiger partial charge in [-0.2, -0.15) is 11.8 Å². The summed E-state index contributed by atoms with van der Waals surface area (Å²) in [6, 6.07) is 0. The summed E-state index contributed by atoms with van der Waals surface area (Å²) in [6.07, 6.45) is 1.74. The van der Waals surface area contributed by atoms with Gasteiger partial charge >= 0.3 is 0 Å². The van der Waals surface area contributed by atoms with Crippen LogP contribution in [0.15, 0.2) is 4.99 Å². The molecule has 21 heavy (non-hydrogen) atoms. The van der Waals surface area contributed by atoms with Crippen molar-refractivity contribution in [2.45, 2.75) is 25.4 Å². The number of rotatable bonds is 10. The number of hydrogen-bond acceptors (Lipinski definition) is 5. The fourth-order valence-electron chi connectivity index (χ4n) is 1.91. The van der Waals surface area contributed by atoms with Crippen molar-refractivity contribution in [3.05, 3.63) is 0 Å². The predicted molar refractivity (Wildman–Crippen MR) is 88.2 cm³/mol. The van der Waals surface area contributed by atoms with Crippen molar-refractivity contribution in [3.63, 3.8) is 0 Å². The minimum atomic E-state index is -0.629. The highest BCUT2D eigenvalue weighted by Crippen LogP contribution is 2.27. The molecule has 124 valence electrons. The molecule has 0 bridgehead atoms. The molecule has 0 saturated carbocycles. The van der Waals surface area contributed by atoms with Crippen LogP contribution in [0.1, 0.15) is 19.8 Å². The van der Waals surface area contributed by atoms with Crippen molar-refractivity contribution in [2.24, 2.45) is 4.99 Å². The Morgan fingerprint density at radius 3 is 2.86 bits per heavy atom. The lowest BCUT2D eigenvalue weighted by Crippen LogP contribution is -2.40. The van der Waals surface area contributed by atoms with Gasteiger partial charge in [0.1, 0.15) is 0 Å². The lowest BCUT2D eigenvalue weighted by molar-refractivity contribution is 0.0698. The molecule has 0 aliphatic carbocycles. The quantitative estimate of drug-likeness (QED) is 0.309. The van der Waals surface area contributed by atoms with Crippen molar-refractivity contribution in [2.75, 3.05) is 58.1 Å². The minimum Gasteiger partial charge on any atom is -0.387 e. The largest absolute Gasteiger partial charge is 0.387 e. The molecule has 0 radical (unpaired) electrons. The Morgan fingerprint density at radius 2 is 2.19 bits per heavy atom. The molecule has 1 rings (SSSR count). The van der Waals surface area contributed by atoms with Gasteiger partial charge in [0.25, 0.3) is 0 Å². The fraction of sp³-hybridized carbons (Fsp3) is 0.929. The highest BCUT2D eigenvalue weighted by Gasteiger charge is 2.31. The third-order valence-corrected chi connectivity index (χ3v) is 4.38. The number of aliphatic hydroxyl groups is 1. The van der Waals surface area contributed by atoms with Crippen molar-refractivity contribution in [1.82, 2.24) is 10.6 Å². The highest BCUT2D eigenvalue weighted by atomic mass is 32.2. The number of methoxy groups -OCH3 is 1. The second-order valence-corrected chi connectivity index (χ2v) is 6.21. The maximum Gasteiger partial charge on any atom is 0.191 e. The van der Waals surface area contributed by atoms with E-state index in [-0.39, 0.29) is 0 Å². The highest BCUT2D eigenvalue weighted by molar-refractivity contribution is 7.99. The monoisotopic (exact) mass is 319 g/mol. The molecule has 1 fully saturated rings. The van der Waals surface area contributed by atoms with Crippen LogP contribution in [-0.2, 0) is 9.47 Å². The second-order valence-electron chi connectivity index (χ2n) is 5.11. The van der Waals surface area contributed by atoms with Crippen LogP contribution in [0, 0.1) is 0 Å². The van der Waals surface area contributed by atoms with Gasteiger partial charge in [0.15, 0.2) is 5.96 Å². The molecule has 7 heteroatoms. The molecule has 0 amide bonds. The van der Waals surface area contributed by atoms with E-state index in [4.69, 9.17) is 9.47 Å². The van der Waals surface area contributed by atoms with Crippen LogP contribution in [0.5, 0.6) is 0 Å². The van der Waals surface area contributed by atoms with E-state index < -0.39 is 5.60 Å². The molecule has 0 aromatic rings. The number of nitrogens with one attached hydrogen (secondary N) is 2. The maximum atomic E-state index is 10.3. The van der Waals surface area contributed by atoms with Gasteiger partial charge in [0.2, 0.25) is 0 Å². The molecule has 0 aromatic carbocycles. The first-order valence-electron chi connectivity index (χ1n) is 7.59. The third-order valence-electron chi connectivity index (χ3n) is 3.15. The topological polar surface area (TPSA) is 75.1 Å². The predicted octanol–water partition coefficient (Wildman–Crippen LogP) is 0.463. The summed E-state index contributed by atoms with van der Waals surface area (Å²) in [6.45, 7) is 6.07. The summed E-state index contributed by atoms with van der Waals surface area (Å²) in [5, 5.41) is 16.7. The zero-order valence-electron chi connectivity index (χ0n) is 13.2. The Labute approximate surface area is 132 Å². The molecule has 0 spiro atoms. The summed E-state index contributed by atoms with van der Waals surface area (Å²) < 4.78 is 10.3. The maximum absolute atomic E-state index is 10.3. The molecular weight excluding hydrogens is 290 g/mol. The Hall–Kier alpha value is -0.500. The fourth-order valence-corrected chi connectivity index (χ4v) is 3.20. The smallest absolute Gasteiger partial charge is 0.191 e. The third kappa shape index (κ3) is 8.50. The van der Waals surface area contributed by atoms with Gasteiger partial charge < -0.3 is 25.2 Å². The van der Waals surface area contributed by atoms with Crippen LogP contribution in [0.25, 0.3) is 0 Å². The number of guanidine groups is 1. The van der Waals surface area contributed by atoms with E-state index in [1.54, 1.807) is 18.9 Å². The zero-order chi connectivity index (χ0) is 15.4. The van der Waals surface area contributed by atoms with Crippen LogP contribution in [-0.4, -0.2) is 74.7 Å². The summed E-state index contributed by atoms with van der Waals surface area (Å²) in [5.74, 6) is 2.57. The number of thioether (sulfide) groups is 1. The molecule has 1 aliphatic rings. The Bertz CT molecular complexity index is 297. The van der Waals surface area contributed by atoms with E-state index in [9.17, 15) is 5.11 Å². The molecule has 6 nitrogen and oxygen atoms in total. The second kappa shape index (κ2) is 11.1. The first-order valence-corrected chi connectivity index (χ1v) is 8.74. The zero-order valence-corrected chi connectivity index (χ0v) is 14.0. The van der Waals surface area contributed by atoms with Gasteiger partial charge in [0, 0.05) is 32.6 Å². The van der Waals surface area contributed by atoms with Gasteiger partial charge in [-0.1, -0.05) is 0 Å². The van der Waals surface area contributed by atoms with Crippen molar-refractivity contribution < 1.29 is 14.6 Å². The number of hydrogen-bond donors (Lipinski definition) is 3. The number of nitrogens with zero attached hydrogens (tertiary/aromatic N) is 1. The van der Waals surface area contributed by atoms with E-state index >= 15 is 0 Å². The van der Waals surface area contributed by atoms with Crippen molar-refractivity contribution >= 4 is 17.7 Å². The average Bonchev–Trinajstić information content (AvgIpc) is 2.91. The van der Waals surface area contributed by atoms with E-state index in [2.05, 4.69) is 15.6 Å². The molecule has 3 N–H and O–H groups in total. The summed E-state index contributed by atoms with van der Waals surface area (Å²) in [5.41, 5.74) is -0.629. The lowest BCUT2D eigenvalue weighted by Gasteiger charge is -2.19. The number of aliphatic imine (C=N–C) groups is 1. The van der Waals surface area contributed by atoms with Crippen molar-refractivity contribution in [1.29, 1.82) is 0 Å². The van der Waals surface area contributed by atoms with Gasteiger partial charge in [0.05, 0.1) is 25.4 Å². The Kier molecular flexibility index (Phi) is 9.82. The van der Waals surface area contributed by atoms with Crippen LogP contribution in [0.3, 0.4) is 0 Å². The van der Waals surface area contributed by atoms with Gasteiger partial charge in [-0.15, -0.1) is 0 Å². The van der Waals surface area contributed by atoms with E-state index in [0.29, 0.717) is 26.4 Å². The van der Waals surface area contributed by atoms with E-state index in [0.717, 1.165) is 43.4 Å². The molecular formula is C14H29N3O3S. The summed E-state index contributed by atoms with van der Waals surface area (Å²) in [7, 11) is 1.67. The SMILES string of the molecule is CCNC(=NCC1(O)CCSC1)NCCCOCCOC. The Balaban J connectivity index is 2.19. The van der Waals surface area contributed by atoms with Crippen LogP contribution in [0.2, 0.25) is 0 Å². The lowest BCUT2D eigenvalue weighted by atomic mass is 10.1. The average molecular weight is 319 g/mol. The summed E-state index contributed by atoms with van der Waals surface area (Å²) >= 11 is 1.79. The first kappa shape index (κ1) is 18.5. The molecule has 0 aromatic heterocycles. The van der Waals surface area contributed by atoms with Crippen molar-refractivity contribution in [3.8, 4) is 0 Å². The van der Waals surface area contributed by atoms with Gasteiger partial charge in [-0.25, -0.2) is 0 Å². The van der Waals surface area contributed by atoms with E-state index in [1.165, 1.54) is 0 Å². The molecule has 1 unspecified atom stereocenters. The van der Waals surface area contributed by atoms with Crippen LogP contribution < -0.4 is 10.6 Å². The standard InChI is InChI=1S/C14H29N3O3S/c1-3-15-13(16-6-4-7-20-9-8-19-2)17-11-14(18)5-10-21-12-14/h18H,3-12H2,1-2H3,(H2,15,16,17). The van der Waals surface area contributed by atoms with Crippen LogP contribution in [0.4, 0.5) is 0 Å². The normalized spacial score (nSPS) is 22.5. The van der Waals surface area contributed by atoms with Gasteiger partial charge in [-0.05, 0) is 25.5 Å². The van der Waals surface area contributed by atoms with Gasteiger partial charge in [-0.3, -0.25) is 4.99 Å². The Morgan fingerprint density at radius 1 is 1.33 bits per heavy atom. The molecule has 1 heterocycles. The number of ether oxygens (including phenoxy) is 2. The molecule has 1 saturated heterocycles. The molecule has 1 aliphatic heterocycles.